The van der Waals surface area contributed by atoms with Crippen molar-refractivity contribution < 1.29 is 19.1 Å². The molecule has 3 amide bonds. The number of hydrogen-bond donors (Lipinski definition) is 2. The van der Waals surface area contributed by atoms with Crippen LogP contribution in [-0.4, -0.2) is 36.5 Å². The zero-order chi connectivity index (χ0) is 18.6. The van der Waals surface area contributed by atoms with Crippen LogP contribution in [0.25, 0.3) is 0 Å². The lowest BCUT2D eigenvalue weighted by Crippen LogP contribution is -2.46. The third-order valence-electron chi connectivity index (χ3n) is 4.10. The molecule has 1 atom stereocenters. The Balaban J connectivity index is 2.36. The van der Waals surface area contributed by atoms with Crippen LogP contribution in [-0.2, 0) is 14.3 Å². The highest BCUT2D eigenvalue weighted by Gasteiger charge is 2.34. The number of ether oxygens (including phenoxy) is 1. The molecule has 0 aromatic heterocycles. The first-order chi connectivity index (χ1) is 11.9. The molecule has 0 bridgehead atoms. The van der Waals surface area contributed by atoms with E-state index in [2.05, 4.69) is 10.6 Å². The van der Waals surface area contributed by atoms with Crippen molar-refractivity contribution in [1.82, 2.24) is 10.2 Å². The fourth-order valence-electron chi connectivity index (χ4n) is 2.57. The van der Waals surface area contributed by atoms with Gasteiger partial charge in [-0.05, 0) is 31.5 Å². The van der Waals surface area contributed by atoms with Crippen LogP contribution in [0.3, 0.4) is 0 Å². The Morgan fingerprint density at radius 2 is 1.88 bits per heavy atom. The van der Waals surface area contributed by atoms with Crippen LogP contribution < -0.4 is 10.6 Å². The fraction of sp³-hybridized carbons (Fsp3) is 0.389. The van der Waals surface area contributed by atoms with Gasteiger partial charge in [0.25, 0.3) is 0 Å². The summed E-state index contributed by atoms with van der Waals surface area (Å²) < 4.78 is 5.15. The molecule has 0 spiro atoms. The van der Waals surface area contributed by atoms with Crippen molar-refractivity contribution in [3.63, 3.8) is 0 Å². The standard InChI is InChI=1S/C18H23N3O4/c1-5-14(22)19-13-9-7-12(8-10-13)16-15(17(23)25-6-2)11(3)21(4)18(24)20-16/h7-10,16H,5-6H2,1-4H3,(H,19,22)(H,20,24). The van der Waals surface area contributed by atoms with E-state index < -0.39 is 12.0 Å². The van der Waals surface area contributed by atoms with Gasteiger partial charge in [-0.1, -0.05) is 19.1 Å². The van der Waals surface area contributed by atoms with E-state index in [1.807, 2.05) is 0 Å². The van der Waals surface area contributed by atoms with E-state index in [1.165, 1.54) is 4.90 Å². The van der Waals surface area contributed by atoms with Gasteiger partial charge in [0.05, 0.1) is 18.2 Å². The van der Waals surface area contributed by atoms with Gasteiger partial charge in [-0.25, -0.2) is 9.59 Å². The minimum atomic E-state index is -0.598. The molecule has 1 aromatic carbocycles. The van der Waals surface area contributed by atoms with Gasteiger partial charge in [0.1, 0.15) is 0 Å². The lowest BCUT2D eigenvalue weighted by atomic mass is 9.95. The maximum absolute atomic E-state index is 12.4. The number of benzene rings is 1. The summed E-state index contributed by atoms with van der Waals surface area (Å²) in [6.07, 6.45) is 0.391. The highest BCUT2D eigenvalue weighted by molar-refractivity contribution is 5.95. The number of esters is 1. The van der Waals surface area contributed by atoms with Crippen molar-refractivity contribution >= 4 is 23.6 Å². The Kier molecular flexibility index (Phi) is 5.80. The van der Waals surface area contributed by atoms with Crippen molar-refractivity contribution in [2.24, 2.45) is 0 Å². The van der Waals surface area contributed by atoms with Gasteiger partial charge in [-0.15, -0.1) is 0 Å². The minimum absolute atomic E-state index is 0.0803. The topological polar surface area (TPSA) is 87.7 Å². The second-order valence-electron chi connectivity index (χ2n) is 5.68. The summed E-state index contributed by atoms with van der Waals surface area (Å²) in [6.45, 7) is 5.48. The van der Waals surface area contributed by atoms with Crippen molar-refractivity contribution in [1.29, 1.82) is 0 Å². The fourth-order valence-corrected chi connectivity index (χ4v) is 2.57. The zero-order valence-corrected chi connectivity index (χ0v) is 14.9. The molecule has 1 aliphatic heterocycles. The number of carbonyl (C=O) groups excluding carboxylic acids is 3. The summed E-state index contributed by atoms with van der Waals surface area (Å²) >= 11 is 0. The predicted molar refractivity (Wildman–Crippen MR) is 93.7 cm³/mol. The molecule has 2 N–H and O–H groups in total. The number of hydrogen-bond acceptors (Lipinski definition) is 4. The summed E-state index contributed by atoms with van der Waals surface area (Å²) in [5.41, 5.74) is 2.34. The number of rotatable bonds is 5. The molecule has 2 rings (SSSR count). The molecule has 0 fully saturated rings. The van der Waals surface area contributed by atoms with Gasteiger partial charge < -0.3 is 20.3 Å². The number of anilines is 1. The van der Waals surface area contributed by atoms with E-state index in [0.717, 1.165) is 5.56 Å². The van der Waals surface area contributed by atoms with Gasteiger partial charge >= 0.3 is 12.0 Å². The number of allylic oxidation sites excluding steroid dienone is 1. The van der Waals surface area contributed by atoms with E-state index in [1.54, 1.807) is 52.1 Å². The van der Waals surface area contributed by atoms with Crippen LogP contribution in [0.1, 0.15) is 38.8 Å². The molecule has 0 radical (unpaired) electrons. The van der Waals surface area contributed by atoms with Crippen LogP contribution >= 0.6 is 0 Å². The van der Waals surface area contributed by atoms with Crippen LogP contribution in [0.5, 0.6) is 0 Å². The normalized spacial score (nSPS) is 17.2. The van der Waals surface area contributed by atoms with Crippen molar-refractivity contribution in [2.75, 3.05) is 19.0 Å². The number of nitrogens with one attached hydrogen (secondary N) is 2. The molecular weight excluding hydrogens is 322 g/mol. The second-order valence-corrected chi connectivity index (χ2v) is 5.68. The average Bonchev–Trinajstić information content (AvgIpc) is 2.60. The monoisotopic (exact) mass is 345 g/mol. The maximum atomic E-state index is 12.4. The van der Waals surface area contributed by atoms with Gasteiger partial charge in [0.15, 0.2) is 0 Å². The van der Waals surface area contributed by atoms with Gasteiger partial charge in [-0.3, -0.25) is 4.79 Å². The molecule has 134 valence electrons. The first-order valence-electron chi connectivity index (χ1n) is 8.20. The number of nitrogens with zero attached hydrogens (tertiary/aromatic N) is 1. The third kappa shape index (κ3) is 3.99. The third-order valence-corrected chi connectivity index (χ3v) is 4.10. The van der Waals surface area contributed by atoms with Crippen molar-refractivity contribution in [2.45, 2.75) is 33.2 Å². The summed E-state index contributed by atoms with van der Waals surface area (Å²) in [5, 5.41) is 5.58. The number of carbonyl (C=O) groups is 3. The first kappa shape index (κ1) is 18.5. The van der Waals surface area contributed by atoms with E-state index in [9.17, 15) is 14.4 Å². The van der Waals surface area contributed by atoms with Crippen LogP contribution in [0.2, 0.25) is 0 Å². The Hall–Kier alpha value is -2.83. The lowest BCUT2D eigenvalue weighted by molar-refractivity contribution is -0.139. The van der Waals surface area contributed by atoms with Gasteiger partial charge in [-0.2, -0.15) is 0 Å². The molecule has 0 saturated carbocycles. The quantitative estimate of drug-likeness (QED) is 0.803. The molecule has 1 heterocycles. The molecule has 0 saturated heterocycles. The zero-order valence-electron chi connectivity index (χ0n) is 14.9. The summed E-state index contributed by atoms with van der Waals surface area (Å²) in [5.74, 6) is -0.538. The summed E-state index contributed by atoms with van der Waals surface area (Å²) in [7, 11) is 1.60. The molecule has 1 aliphatic rings. The Labute approximate surface area is 147 Å². The summed E-state index contributed by atoms with van der Waals surface area (Å²) in [6, 6.07) is 6.14. The van der Waals surface area contributed by atoms with Crippen LogP contribution in [0.15, 0.2) is 35.5 Å². The lowest BCUT2D eigenvalue weighted by Gasteiger charge is -2.33. The average molecular weight is 345 g/mol. The molecule has 7 nitrogen and oxygen atoms in total. The molecule has 0 aliphatic carbocycles. The summed E-state index contributed by atoms with van der Waals surface area (Å²) in [4.78, 5) is 37.4. The van der Waals surface area contributed by atoms with Gasteiger partial charge in [0, 0.05) is 24.9 Å². The van der Waals surface area contributed by atoms with Crippen LogP contribution in [0.4, 0.5) is 10.5 Å². The first-order valence-corrected chi connectivity index (χ1v) is 8.20. The smallest absolute Gasteiger partial charge is 0.338 e. The van der Waals surface area contributed by atoms with Gasteiger partial charge in [0.2, 0.25) is 5.91 Å². The van der Waals surface area contributed by atoms with Crippen LogP contribution in [0, 0.1) is 0 Å². The minimum Gasteiger partial charge on any atom is -0.463 e. The number of amides is 3. The predicted octanol–water partition coefficient (Wildman–Crippen LogP) is 2.57. The maximum Gasteiger partial charge on any atom is 0.338 e. The highest BCUT2D eigenvalue weighted by Crippen LogP contribution is 2.31. The van der Waals surface area contributed by atoms with Crippen molar-refractivity contribution in [3.8, 4) is 0 Å². The van der Waals surface area contributed by atoms with E-state index >= 15 is 0 Å². The van der Waals surface area contributed by atoms with E-state index in [-0.39, 0.29) is 18.5 Å². The Morgan fingerprint density at radius 3 is 2.44 bits per heavy atom. The molecular formula is C18H23N3O4. The van der Waals surface area contributed by atoms with E-state index in [4.69, 9.17) is 4.74 Å². The molecule has 1 unspecified atom stereocenters. The largest absolute Gasteiger partial charge is 0.463 e. The molecule has 7 heteroatoms. The Bertz CT molecular complexity index is 710. The van der Waals surface area contributed by atoms with Crippen molar-refractivity contribution in [3.05, 3.63) is 41.1 Å². The highest BCUT2D eigenvalue weighted by atomic mass is 16.5. The Morgan fingerprint density at radius 1 is 1.24 bits per heavy atom. The number of urea groups is 1. The van der Waals surface area contributed by atoms with E-state index in [0.29, 0.717) is 23.4 Å². The second kappa shape index (κ2) is 7.83. The molecule has 1 aromatic rings. The SMILES string of the molecule is CCOC(=O)C1=C(C)N(C)C(=O)NC1c1ccc(NC(=O)CC)cc1. The molecule has 25 heavy (non-hydrogen) atoms.